The molecule has 1 aromatic carbocycles. The normalized spacial score (nSPS) is 23.6. The minimum absolute atomic E-state index is 0.714. The Morgan fingerprint density at radius 3 is 2.70 bits per heavy atom. The monoisotopic (exact) mass is 289 g/mol. The lowest BCUT2D eigenvalue weighted by Gasteiger charge is -2.34. The van der Waals surface area contributed by atoms with E-state index in [1.54, 1.807) is 0 Å². The standard InChI is InChI=1S/C16H23N3S/c1-17-12-7-9-13(10-8-12)19(2)11-16-18-14-5-3-4-6-15(14)20-16/h3-6,12-13,17H,7-11H2,1-2H3. The maximum Gasteiger partial charge on any atom is 0.108 e. The molecule has 1 heterocycles. The van der Waals surface area contributed by atoms with Crippen LogP contribution in [-0.2, 0) is 6.54 Å². The molecule has 0 aliphatic heterocycles. The van der Waals surface area contributed by atoms with Crippen LogP contribution >= 0.6 is 11.3 Å². The summed E-state index contributed by atoms with van der Waals surface area (Å²) in [5.41, 5.74) is 1.14. The topological polar surface area (TPSA) is 28.2 Å². The third-order valence-electron chi connectivity index (χ3n) is 4.45. The molecule has 0 atom stereocenters. The van der Waals surface area contributed by atoms with Crippen molar-refractivity contribution in [3.8, 4) is 0 Å². The summed E-state index contributed by atoms with van der Waals surface area (Å²) in [5, 5.41) is 4.64. The number of nitrogens with one attached hydrogen (secondary N) is 1. The Bertz CT molecular complexity index is 525. The van der Waals surface area contributed by atoms with Crippen LogP contribution in [0, 0.1) is 0 Å². The molecule has 0 bridgehead atoms. The van der Waals surface area contributed by atoms with Crippen LogP contribution in [0.2, 0.25) is 0 Å². The van der Waals surface area contributed by atoms with Crippen molar-refractivity contribution in [3.63, 3.8) is 0 Å². The van der Waals surface area contributed by atoms with Crippen molar-refractivity contribution >= 4 is 21.6 Å². The number of rotatable bonds is 4. The summed E-state index contributed by atoms with van der Waals surface area (Å²) in [7, 11) is 4.33. The van der Waals surface area contributed by atoms with Gasteiger partial charge < -0.3 is 5.32 Å². The van der Waals surface area contributed by atoms with Crippen LogP contribution in [0.25, 0.3) is 10.2 Å². The predicted molar refractivity (Wildman–Crippen MR) is 86.2 cm³/mol. The van der Waals surface area contributed by atoms with Gasteiger partial charge in [0, 0.05) is 12.1 Å². The van der Waals surface area contributed by atoms with Crippen LogP contribution in [-0.4, -0.2) is 36.1 Å². The third-order valence-corrected chi connectivity index (χ3v) is 5.47. The second-order valence-corrected chi connectivity index (χ2v) is 6.90. The minimum atomic E-state index is 0.714. The van der Waals surface area contributed by atoms with Crippen LogP contribution in [0.5, 0.6) is 0 Å². The Labute approximate surface area is 125 Å². The lowest BCUT2D eigenvalue weighted by molar-refractivity contribution is 0.170. The first-order valence-corrected chi connectivity index (χ1v) is 8.30. The highest BCUT2D eigenvalue weighted by Crippen LogP contribution is 2.26. The smallest absolute Gasteiger partial charge is 0.108 e. The Balaban J connectivity index is 1.62. The molecule has 0 radical (unpaired) electrons. The molecular formula is C16H23N3S. The first-order valence-electron chi connectivity index (χ1n) is 7.48. The summed E-state index contributed by atoms with van der Waals surface area (Å²) in [4.78, 5) is 7.23. The molecule has 0 unspecified atom stereocenters. The molecule has 4 heteroatoms. The SMILES string of the molecule is CNC1CCC(N(C)Cc2nc3ccccc3s2)CC1. The Kier molecular flexibility index (Phi) is 4.34. The van der Waals surface area contributed by atoms with Crippen molar-refractivity contribution in [3.05, 3.63) is 29.3 Å². The average Bonchev–Trinajstić information content (AvgIpc) is 2.89. The Hall–Kier alpha value is -0.970. The number of hydrogen-bond donors (Lipinski definition) is 1. The second kappa shape index (κ2) is 6.20. The third kappa shape index (κ3) is 3.03. The van der Waals surface area contributed by atoms with Crippen LogP contribution < -0.4 is 5.32 Å². The number of hydrogen-bond acceptors (Lipinski definition) is 4. The zero-order valence-electron chi connectivity index (χ0n) is 12.3. The van der Waals surface area contributed by atoms with E-state index in [0.29, 0.717) is 6.04 Å². The summed E-state index contributed by atoms with van der Waals surface area (Å²) >= 11 is 1.83. The van der Waals surface area contributed by atoms with Gasteiger partial charge >= 0.3 is 0 Å². The minimum Gasteiger partial charge on any atom is -0.317 e. The quantitative estimate of drug-likeness (QED) is 0.936. The molecule has 2 aromatic rings. The van der Waals surface area contributed by atoms with Gasteiger partial charge in [0.25, 0.3) is 0 Å². The van der Waals surface area contributed by atoms with E-state index in [1.165, 1.54) is 35.4 Å². The molecule has 108 valence electrons. The van der Waals surface area contributed by atoms with Crippen molar-refractivity contribution in [2.75, 3.05) is 14.1 Å². The van der Waals surface area contributed by atoms with Gasteiger partial charge in [-0.3, -0.25) is 4.90 Å². The van der Waals surface area contributed by atoms with E-state index < -0.39 is 0 Å². The van der Waals surface area contributed by atoms with E-state index in [-0.39, 0.29) is 0 Å². The fraction of sp³-hybridized carbons (Fsp3) is 0.562. The second-order valence-electron chi connectivity index (χ2n) is 5.78. The van der Waals surface area contributed by atoms with Crippen molar-refractivity contribution in [1.82, 2.24) is 15.2 Å². The maximum atomic E-state index is 4.74. The molecule has 1 fully saturated rings. The van der Waals surface area contributed by atoms with Gasteiger partial charge in [0.15, 0.2) is 0 Å². The highest BCUT2D eigenvalue weighted by atomic mass is 32.1. The molecule has 0 saturated heterocycles. The summed E-state index contributed by atoms with van der Waals surface area (Å²) in [6.07, 6.45) is 5.19. The fourth-order valence-corrected chi connectivity index (χ4v) is 4.17. The predicted octanol–water partition coefficient (Wildman–Crippen LogP) is 3.26. The van der Waals surface area contributed by atoms with Crippen molar-refractivity contribution in [2.45, 2.75) is 44.3 Å². The van der Waals surface area contributed by atoms with E-state index in [0.717, 1.165) is 18.1 Å². The van der Waals surface area contributed by atoms with E-state index in [2.05, 4.69) is 48.6 Å². The zero-order valence-corrected chi connectivity index (χ0v) is 13.1. The molecule has 1 saturated carbocycles. The number of nitrogens with zero attached hydrogens (tertiary/aromatic N) is 2. The lowest BCUT2D eigenvalue weighted by Crippen LogP contribution is -2.39. The molecule has 3 nitrogen and oxygen atoms in total. The lowest BCUT2D eigenvalue weighted by atomic mass is 9.90. The molecule has 0 spiro atoms. The van der Waals surface area contributed by atoms with Gasteiger partial charge in [-0.05, 0) is 51.9 Å². The molecular weight excluding hydrogens is 266 g/mol. The molecule has 20 heavy (non-hydrogen) atoms. The molecule has 0 amide bonds. The van der Waals surface area contributed by atoms with E-state index >= 15 is 0 Å². The molecule has 3 rings (SSSR count). The van der Waals surface area contributed by atoms with Gasteiger partial charge in [0.05, 0.1) is 16.8 Å². The van der Waals surface area contributed by atoms with Crippen LogP contribution in [0.1, 0.15) is 30.7 Å². The highest BCUT2D eigenvalue weighted by molar-refractivity contribution is 7.18. The Morgan fingerprint density at radius 1 is 1.25 bits per heavy atom. The summed E-state index contributed by atoms with van der Waals surface area (Å²) < 4.78 is 1.30. The van der Waals surface area contributed by atoms with Gasteiger partial charge in [0.2, 0.25) is 0 Å². The zero-order chi connectivity index (χ0) is 13.9. The summed E-state index contributed by atoms with van der Waals surface area (Å²) in [6.45, 7) is 0.980. The maximum absolute atomic E-state index is 4.74. The van der Waals surface area contributed by atoms with Crippen LogP contribution in [0.15, 0.2) is 24.3 Å². The number of benzene rings is 1. The van der Waals surface area contributed by atoms with Crippen LogP contribution in [0.4, 0.5) is 0 Å². The van der Waals surface area contributed by atoms with Crippen molar-refractivity contribution in [1.29, 1.82) is 0 Å². The van der Waals surface area contributed by atoms with Gasteiger partial charge in [-0.15, -0.1) is 11.3 Å². The number of fused-ring (bicyclic) bond motifs is 1. The molecule has 1 aliphatic carbocycles. The average molecular weight is 289 g/mol. The fourth-order valence-electron chi connectivity index (χ4n) is 3.14. The first kappa shape index (κ1) is 14.0. The van der Waals surface area contributed by atoms with E-state index in [9.17, 15) is 0 Å². The van der Waals surface area contributed by atoms with Gasteiger partial charge in [-0.1, -0.05) is 12.1 Å². The Morgan fingerprint density at radius 2 is 2.00 bits per heavy atom. The number of thiazole rings is 1. The number of aromatic nitrogens is 1. The van der Waals surface area contributed by atoms with Crippen molar-refractivity contribution in [2.24, 2.45) is 0 Å². The molecule has 1 N–H and O–H groups in total. The summed E-state index contributed by atoms with van der Waals surface area (Å²) in [5.74, 6) is 0. The van der Waals surface area contributed by atoms with Gasteiger partial charge in [-0.25, -0.2) is 4.98 Å². The van der Waals surface area contributed by atoms with E-state index in [4.69, 9.17) is 4.98 Å². The highest BCUT2D eigenvalue weighted by Gasteiger charge is 2.23. The van der Waals surface area contributed by atoms with Gasteiger partial charge in [-0.2, -0.15) is 0 Å². The number of para-hydroxylation sites is 1. The first-order chi connectivity index (χ1) is 9.76. The van der Waals surface area contributed by atoms with Gasteiger partial charge in [0.1, 0.15) is 5.01 Å². The van der Waals surface area contributed by atoms with Crippen LogP contribution in [0.3, 0.4) is 0 Å². The molecule has 1 aromatic heterocycles. The largest absolute Gasteiger partial charge is 0.317 e. The molecule has 1 aliphatic rings. The summed E-state index contributed by atoms with van der Waals surface area (Å²) in [6, 6.07) is 9.86. The van der Waals surface area contributed by atoms with Crippen molar-refractivity contribution < 1.29 is 0 Å². The van der Waals surface area contributed by atoms with E-state index in [1.807, 2.05) is 11.3 Å².